The maximum Gasteiger partial charge on any atom is -0.0254 e. The highest BCUT2D eigenvalue weighted by molar-refractivity contribution is 5.58. The number of allylic oxidation sites excluding steroid dienone is 3. The van der Waals surface area contributed by atoms with Crippen LogP contribution in [-0.4, -0.2) is 0 Å². The van der Waals surface area contributed by atoms with Gasteiger partial charge in [-0.05, 0) is 48.8 Å². The average molecular weight is 226 g/mol. The molecule has 1 aromatic carbocycles. The maximum atomic E-state index is 2.45. The van der Waals surface area contributed by atoms with Crippen LogP contribution in [0.2, 0.25) is 0 Å². The molecule has 0 heteroatoms. The second kappa shape index (κ2) is 6.44. The van der Waals surface area contributed by atoms with Gasteiger partial charge in [-0.3, -0.25) is 0 Å². The Morgan fingerprint density at radius 1 is 1.00 bits per heavy atom. The number of benzene rings is 1. The molecule has 0 amide bonds. The van der Waals surface area contributed by atoms with Crippen molar-refractivity contribution in [3.05, 3.63) is 53.1 Å². The zero-order valence-electron chi connectivity index (χ0n) is 10.8. The second-order valence-corrected chi connectivity index (χ2v) is 4.81. The maximum absolute atomic E-state index is 2.45. The number of rotatable bonds is 3. The van der Waals surface area contributed by atoms with E-state index in [0.29, 0.717) is 0 Å². The lowest BCUT2D eigenvalue weighted by Crippen LogP contribution is -1.98. The lowest BCUT2D eigenvalue weighted by Gasteiger charge is -2.18. The number of hydrogen-bond donors (Lipinski definition) is 0. The van der Waals surface area contributed by atoms with Gasteiger partial charge in [0.2, 0.25) is 0 Å². The van der Waals surface area contributed by atoms with Crippen LogP contribution in [0.4, 0.5) is 0 Å². The molecule has 0 atom stereocenters. The Bertz CT molecular complexity index is 395. The van der Waals surface area contributed by atoms with Crippen molar-refractivity contribution in [3.8, 4) is 0 Å². The predicted molar refractivity (Wildman–Crippen MR) is 75.9 cm³/mol. The standard InChI is InChI=1S/C17H22/c1-2-3-11-16-12-7-8-13-17(16)14-15-9-5-4-6-10-15/h4-6,9-11,14H,2-3,7-8,12-13H2,1H3. The Morgan fingerprint density at radius 3 is 2.41 bits per heavy atom. The summed E-state index contributed by atoms with van der Waals surface area (Å²) in [6, 6.07) is 10.7. The number of hydrogen-bond acceptors (Lipinski definition) is 0. The lowest BCUT2D eigenvalue weighted by atomic mass is 9.87. The van der Waals surface area contributed by atoms with Crippen molar-refractivity contribution < 1.29 is 0 Å². The van der Waals surface area contributed by atoms with Crippen molar-refractivity contribution >= 4 is 6.08 Å². The average Bonchev–Trinajstić information content (AvgIpc) is 2.39. The van der Waals surface area contributed by atoms with E-state index in [9.17, 15) is 0 Å². The van der Waals surface area contributed by atoms with Crippen LogP contribution in [0.3, 0.4) is 0 Å². The van der Waals surface area contributed by atoms with Gasteiger partial charge in [-0.2, -0.15) is 0 Å². The molecule has 0 aliphatic heterocycles. The van der Waals surface area contributed by atoms with Gasteiger partial charge in [-0.15, -0.1) is 0 Å². The van der Waals surface area contributed by atoms with E-state index in [0.717, 1.165) is 0 Å². The van der Waals surface area contributed by atoms with E-state index in [2.05, 4.69) is 49.4 Å². The van der Waals surface area contributed by atoms with E-state index in [1.165, 1.54) is 44.1 Å². The van der Waals surface area contributed by atoms with Crippen molar-refractivity contribution in [2.45, 2.75) is 45.4 Å². The Labute approximate surface area is 105 Å². The Morgan fingerprint density at radius 2 is 1.71 bits per heavy atom. The van der Waals surface area contributed by atoms with Crippen LogP contribution in [0.15, 0.2) is 47.6 Å². The molecule has 1 aromatic rings. The van der Waals surface area contributed by atoms with Crippen molar-refractivity contribution in [2.75, 3.05) is 0 Å². The van der Waals surface area contributed by atoms with Gasteiger partial charge >= 0.3 is 0 Å². The first-order valence-corrected chi connectivity index (χ1v) is 6.85. The quantitative estimate of drug-likeness (QED) is 0.650. The first kappa shape index (κ1) is 12.2. The van der Waals surface area contributed by atoms with E-state index >= 15 is 0 Å². The molecule has 0 heterocycles. The highest BCUT2D eigenvalue weighted by Crippen LogP contribution is 2.30. The minimum atomic E-state index is 1.22. The largest absolute Gasteiger partial charge is 0.0811 e. The van der Waals surface area contributed by atoms with Crippen LogP contribution < -0.4 is 0 Å². The van der Waals surface area contributed by atoms with Crippen LogP contribution in [0.5, 0.6) is 0 Å². The van der Waals surface area contributed by atoms with Gasteiger partial charge in [0.25, 0.3) is 0 Å². The fraction of sp³-hybridized carbons (Fsp3) is 0.412. The summed E-state index contributed by atoms with van der Waals surface area (Å²) < 4.78 is 0. The monoisotopic (exact) mass is 226 g/mol. The molecular formula is C17H22. The van der Waals surface area contributed by atoms with E-state index in [4.69, 9.17) is 0 Å². The third-order valence-corrected chi connectivity index (χ3v) is 3.37. The Balaban J connectivity index is 2.19. The Hall–Kier alpha value is -1.30. The topological polar surface area (TPSA) is 0 Å². The summed E-state index contributed by atoms with van der Waals surface area (Å²) in [5.74, 6) is 0. The van der Waals surface area contributed by atoms with E-state index < -0.39 is 0 Å². The minimum absolute atomic E-state index is 1.22. The van der Waals surface area contributed by atoms with E-state index in [-0.39, 0.29) is 0 Å². The molecule has 0 saturated heterocycles. The summed E-state index contributed by atoms with van der Waals surface area (Å²) in [6.07, 6.45) is 12.5. The molecule has 0 radical (unpaired) electrons. The molecule has 0 aromatic heterocycles. The van der Waals surface area contributed by atoms with Gasteiger partial charge in [0.05, 0.1) is 0 Å². The van der Waals surface area contributed by atoms with Crippen molar-refractivity contribution in [1.82, 2.24) is 0 Å². The van der Waals surface area contributed by atoms with Crippen molar-refractivity contribution in [2.24, 2.45) is 0 Å². The minimum Gasteiger partial charge on any atom is -0.0811 e. The zero-order valence-corrected chi connectivity index (χ0v) is 10.8. The molecular weight excluding hydrogens is 204 g/mol. The second-order valence-electron chi connectivity index (χ2n) is 4.81. The van der Waals surface area contributed by atoms with Crippen LogP contribution in [0.1, 0.15) is 51.0 Å². The molecule has 90 valence electrons. The summed E-state index contributed by atoms with van der Waals surface area (Å²) >= 11 is 0. The van der Waals surface area contributed by atoms with Crippen LogP contribution in [0.25, 0.3) is 6.08 Å². The van der Waals surface area contributed by atoms with E-state index in [1.807, 2.05) is 0 Å². The molecule has 17 heavy (non-hydrogen) atoms. The van der Waals surface area contributed by atoms with Crippen LogP contribution in [-0.2, 0) is 0 Å². The molecule has 0 spiro atoms. The van der Waals surface area contributed by atoms with E-state index in [1.54, 1.807) is 11.1 Å². The normalized spacial score (nSPS) is 21.0. The molecule has 1 fully saturated rings. The molecule has 2 rings (SSSR count). The molecule has 1 aliphatic carbocycles. The predicted octanol–water partition coefficient (Wildman–Crippen LogP) is 5.37. The van der Waals surface area contributed by atoms with Gasteiger partial charge in [-0.1, -0.05) is 55.8 Å². The SMILES string of the molecule is CCCC=C1CCCCC1=Cc1ccccc1. The first-order chi connectivity index (χ1) is 8.40. The summed E-state index contributed by atoms with van der Waals surface area (Å²) in [6.45, 7) is 2.25. The van der Waals surface area contributed by atoms with Gasteiger partial charge in [0.15, 0.2) is 0 Å². The third-order valence-electron chi connectivity index (χ3n) is 3.37. The molecule has 1 aliphatic rings. The highest BCUT2D eigenvalue weighted by Gasteiger charge is 2.10. The lowest BCUT2D eigenvalue weighted by molar-refractivity contribution is 0.678. The third kappa shape index (κ3) is 3.59. The van der Waals surface area contributed by atoms with Crippen molar-refractivity contribution in [1.29, 1.82) is 0 Å². The molecule has 0 nitrogen and oxygen atoms in total. The summed E-state index contributed by atoms with van der Waals surface area (Å²) in [5, 5.41) is 0. The fourth-order valence-corrected chi connectivity index (χ4v) is 2.42. The number of unbranched alkanes of at least 4 members (excludes halogenated alkanes) is 1. The molecule has 0 unspecified atom stereocenters. The molecule has 0 N–H and O–H groups in total. The van der Waals surface area contributed by atoms with Gasteiger partial charge in [0, 0.05) is 0 Å². The summed E-state index contributed by atoms with van der Waals surface area (Å²) in [7, 11) is 0. The zero-order chi connectivity index (χ0) is 11.9. The van der Waals surface area contributed by atoms with Crippen LogP contribution >= 0.6 is 0 Å². The Kier molecular flexibility index (Phi) is 4.61. The van der Waals surface area contributed by atoms with Crippen molar-refractivity contribution in [3.63, 3.8) is 0 Å². The smallest absolute Gasteiger partial charge is 0.0254 e. The van der Waals surface area contributed by atoms with Crippen LogP contribution in [0, 0.1) is 0 Å². The molecule has 0 bridgehead atoms. The highest BCUT2D eigenvalue weighted by atomic mass is 14.2. The van der Waals surface area contributed by atoms with Gasteiger partial charge in [0.1, 0.15) is 0 Å². The summed E-state index contributed by atoms with van der Waals surface area (Å²) in [4.78, 5) is 0. The fourth-order valence-electron chi connectivity index (χ4n) is 2.42. The molecule has 1 saturated carbocycles. The summed E-state index contributed by atoms with van der Waals surface area (Å²) in [5.41, 5.74) is 4.50. The first-order valence-electron chi connectivity index (χ1n) is 6.85. The van der Waals surface area contributed by atoms with Gasteiger partial charge in [-0.25, -0.2) is 0 Å². The van der Waals surface area contributed by atoms with Gasteiger partial charge < -0.3 is 0 Å².